The number of carbonyl (C=O) groups excluding carboxylic acids is 1. The summed E-state index contributed by atoms with van der Waals surface area (Å²) in [5.74, 6) is 2.03. The standard InChI is InChI=1S/C29H32N4O3/c1-29(2,3)36-28(34)33-15-11-20(12-16-33)27-31-25(19-9-13-30-14-10-19)26(32-27)23-6-5-22-18-24(35-4)8-7-21(22)17-23/h5-10,13-14,17-18,20H,11-12,15-16H2,1-4H3,(H,31,32). The maximum atomic E-state index is 12.5. The quantitative estimate of drug-likeness (QED) is 0.362. The van der Waals surface area contributed by atoms with Gasteiger partial charge in [0.25, 0.3) is 0 Å². The second-order valence-corrected chi connectivity index (χ2v) is 10.3. The molecule has 1 saturated heterocycles. The number of aromatic amines is 1. The molecule has 0 saturated carbocycles. The molecule has 1 aliphatic rings. The van der Waals surface area contributed by atoms with Crippen molar-refractivity contribution in [1.29, 1.82) is 0 Å². The highest BCUT2D eigenvalue weighted by molar-refractivity contribution is 5.90. The Hall–Kier alpha value is -3.87. The Labute approximate surface area is 211 Å². The maximum absolute atomic E-state index is 12.5. The van der Waals surface area contributed by atoms with Crippen LogP contribution in [-0.4, -0.2) is 51.7 Å². The summed E-state index contributed by atoms with van der Waals surface area (Å²) in [5, 5.41) is 2.25. The first kappa shape index (κ1) is 23.9. The number of hydrogen-bond donors (Lipinski definition) is 1. The third-order valence-electron chi connectivity index (χ3n) is 6.55. The summed E-state index contributed by atoms with van der Waals surface area (Å²) in [4.78, 5) is 27.2. The Morgan fingerprint density at radius 1 is 0.972 bits per heavy atom. The summed E-state index contributed by atoms with van der Waals surface area (Å²) in [7, 11) is 1.68. The summed E-state index contributed by atoms with van der Waals surface area (Å²) in [6.07, 6.45) is 5.02. The molecular formula is C29H32N4O3. The minimum atomic E-state index is -0.492. The number of aromatic nitrogens is 3. The van der Waals surface area contributed by atoms with Gasteiger partial charge in [-0.05, 0) is 74.7 Å². The first-order chi connectivity index (χ1) is 17.3. The van der Waals surface area contributed by atoms with Gasteiger partial charge in [0.2, 0.25) is 0 Å². The lowest BCUT2D eigenvalue weighted by Crippen LogP contribution is -2.41. The van der Waals surface area contributed by atoms with E-state index in [0.29, 0.717) is 13.1 Å². The molecule has 0 aliphatic carbocycles. The van der Waals surface area contributed by atoms with Crippen LogP contribution >= 0.6 is 0 Å². The zero-order valence-electron chi connectivity index (χ0n) is 21.2. The molecule has 36 heavy (non-hydrogen) atoms. The minimum Gasteiger partial charge on any atom is -0.497 e. The summed E-state index contributed by atoms with van der Waals surface area (Å²) in [6, 6.07) is 16.5. The van der Waals surface area contributed by atoms with Gasteiger partial charge < -0.3 is 19.4 Å². The van der Waals surface area contributed by atoms with E-state index in [0.717, 1.165) is 57.7 Å². The molecule has 0 radical (unpaired) electrons. The van der Waals surface area contributed by atoms with E-state index in [1.54, 1.807) is 24.4 Å². The fraction of sp³-hybridized carbons (Fsp3) is 0.345. The van der Waals surface area contributed by atoms with Crippen molar-refractivity contribution in [3.63, 3.8) is 0 Å². The average molecular weight is 485 g/mol. The number of pyridine rings is 1. The fourth-order valence-electron chi connectivity index (χ4n) is 4.68. The molecule has 1 N–H and O–H groups in total. The molecule has 2 aromatic heterocycles. The van der Waals surface area contributed by atoms with E-state index in [4.69, 9.17) is 14.5 Å². The SMILES string of the molecule is COc1ccc2cc(-c3nc(C4CCN(C(=O)OC(C)(C)C)CC4)[nH]c3-c3ccncc3)ccc2c1. The zero-order chi connectivity index (χ0) is 25.3. The van der Waals surface area contributed by atoms with Crippen LogP contribution in [0.4, 0.5) is 4.79 Å². The molecule has 5 rings (SSSR count). The fourth-order valence-corrected chi connectivity index (χ4v) is 4.68. The topological polar surface area (TPSA) is 80.3 Å². The highest BCUT2D eigenvalue weighted by atomic mass is 16.6. The van der Waals surface area contributed by atoms with Crippen molar-refractivity contribution < 1.29 is 14.3 Å². The predicted octanol–water partition coefficient (Wildman–Crippen LogP) is 6.42. The molecular weight excluding hydrogens is 452 g/mol. The first-order valence-electron chi connectivity index (χ1n) is 12.4. The number of nitrogens with zero attached hydrogens (tertiary/aromatic N) is 3. The molecule has 0 bridgehead atoms. The number of rotatable bonds is 4. The van der Waals surface area contributed by atoms with E-state index in [9.17, 15) is 4.79 Å². The molecule has 2 aromatic carbocycles. The number of imidazole rings is 1. The van der Waals surface area contributed by atoms with Gasteiger partial charge in [-0.3, -0.25) is 4.98 Å². The molecule has 0 atom stereocenters. The van der Waals surface area contributed by atoms with Crippen LogP contribution in [0.5, 0.6) is 5.75 Å². The molecule has 4 aromatic rings. The Bertz CT molecular complexity index is 1370. The molecule has 7 nitrogen and oxygen atoms in total. The molecule has 7 heteroatoms. The molecule has 3 heterocycles. The van der Waals surface area contributed by atoms with Gasteiger partial charge in [-0.25, -0.2) is 9.78 Å². The molecule has 186 valence electrons. The Kier molecular flexibility index (Phi) is 6.39. The van der Waals surface area contributed by atoms with Crippen molar-refractivity contribution in [1.82, 2.24) is 19.9 Å². The lowest BCUT2D eigenvalue weighted by atomic mass is 9.96. The van der Waals surface area contributed by atoms with Crippen LogP contribution in [0, 0.1) is 0 Å². The summed E-state index contributed by atoms with van der Waals surface area (Å²) in [5.41, 5.74) is 3.50. The van der Waals surface area contributed by atoms with Gasteiger partial charge in [-0.15, -0.1) is 0 Å². The number of nitrogens with one attached hydrogen (secondary N) is 1. The number of methoxy groups -OCH3 is 1. The Balaban J connectivity index is 1.45. The van der Waals surface area contributed by atoms with Crippen LogP contribution in [0.25, 0.3) is 33.3 Å². The largest absolute Gasteiger partial charge is 0.497 e. The molecule has 0 spiro atoms. The van der Waals surface area contributed by atoms with Crippen molar-refractivity contribution in [2.24, 2.45) is 0 Å². The Morgan fingerprint density at radius 2 is 1.67 bits per heavy atom. The van der Waals surface area contributed by atoms with E-state index >= 15 is 0 Å². The molecule has 0 unspecified atom stereocenters. The normalized spacial score (nSPS) is 14.7. The van der Waals surface area contributed by atoms with Crippen LogP contribution in [0.3, 0.4) is 0 Å². The lowest BCUT2D eigenvalue weighted by molar-refractivity contribution is 0.0203. The van der Waals surface area contributed by atoms with Gasteiger partial charge in [0, 0.05) is 42.5 Å². The lowest BCUT2D eigenvalue weighted by Gasteiger charge is -2.32. The van der Waals surface area contributed by atoms with Crippen molar-refractivity contribution in [3.8, 4) is 28.3 Å². The number of likely N-dealkylation sites (tertiary alicyclic amines) is 1. The van der Waals surface area contributed by atoms with E-state index in [2.05, 4.69) is 34.2 Å². The number of benzene rings is 2. The second-order valence-electron chi connectivity index (χ2n) is 10.3. The van der Waals surface area contributed by atoms with Crippen LogP contribution in [0.2, 0.25) is 0 Å². The third-order valence-corrected chi connectivity index (χ3v) is 6.55. The number of hydrogen-bond acceptors (Lipinski definition) is 5. The van der Waals surface area contributed by atoms with Crippen LogP contribution in [0.1, 0.15) is 45.4 Å². The maximum Gasteiger partial charge on any atom is 0.410 e. The molecule has 1 aliphatic heterocycles. The summed E-state index contributed by atoms with van der Waals surface area (Å²) >= 11 is 0. The van der Waals surface area contributed by atoms with E-state index < -0.39 is 5.60 Å². The summed E-state index contributed by atoms with van der Waals surface area (Å²) < 4.78 is 10.9. The number of carbonyl (C=O) groups is 1. The number of H-pyrrole nitrogens is 1. The van der Waals surface area contributed by atoms with Gasteiger partial charge in [0.05, 0.1) is 18.5 Å². The monoisotopic (exact) mass is 484 g/mol. The average Bonchev–Trinajstić information content (AvgIpc) is 3.33. The van der Waals surface area contributed by atoms with E-state index in [1.165, 1.54) is 0 Å². The van der Waals surface area contributed by atoms with Gasteiger partial charge >= 0.3 is 6.09 Å². The number of ether oxygens (including phenoxy) is 2. The van der Waals surface area contributed by atoms with Gasteiger partial charge in [-0.2, -0.15) is 0 Å². The van der Waals surface area contributed by atoms with Crippen LogP contribution in [0.15, 0.2) is 60.9 Å². The van der Waals surface area contributed by atoms with E-state index in [-0.39, 0.29) is 12.0 Å². The Morgan fingerprint density at radius 3 is 2.36 bits per heavy atom. The van der Waals surface area contributed by atoms with Crippen molar-refractivity contribution in [3.05, 3.63) is 66.7 Å². The van der Waals surface area contributed by atoms with Gasteiger partial charge in [-0.1, -0.05) is 18.2 Å². The molecule has 1 amide bonds. The molecule has 1 fully saturated rings. The number of fused-ring (bicyclic) bond motifs is 1. The minimum absolute atomic E-state index is 0.239. The second kappa shape index (κ2) is 9.64. The van der Waals surface area contributed by atoms with E-state index in [1.807, 2.05) is 45.0 Å². The number of piperidine rings is 1. The number of amides is 1. The van der Waals surface area contributed by atoms with Crippen LogP contribution < -0.4 is 4.74 Å². The third kappa shape index (κ3) is 5.05. The van der Waals surface area contributed by atoms with Crippen LogP contribution in [-0.2, 0) is 4.74 Å². The first-order valence-corrected chi connectivity index (χ1v) is 12.4. The van der Waals surface area contributed by atoms with Gasteiger partial charge in [0.15, 0.2) is 0 Å². The summed E-state index contributed by atoms with van der Waals surface area (Å²) in [6.45, 7) is 6.99. The smallest absolute Gasteiger partial charge is 0.410 e. The zero-order valence-corrected chi connectivity index (χ0v) is 21.2. The highest BCUT2D eigenvalue weighted by Gasteiger charge is 2.29. The van der Waals surface area contributed by atoms with Crippen molar-refractivity contribution in [2.45, 2.75) is 45.1 Å². The predicted molar refractivity (Wildman–Crippen MR) is 141 cm³/mol. The van der Waals surface area contributed by atoms with Gasteiger partial charge in [0.1, 0.15) is 17.2 Å². The van der Waals surface area contributed by atoms with Crippen molar-refractivity contribution in [2.75, 3.05) is 20.2 Å². The van der Waals surface area contributed by atoms with Crippen molar-refractivity contribution >= 4 is 16.9 Å². The highest BCUT2D eigenvalue weighted by Crippen LogP contribution is 2.36.